The Bertz CT molecular complexity index is 497. The van der Waals surface area contributed by atoms with Gasteiger partial charge in [-0.05, 0) is 37.2 Å². The first-order valence-electron chi connectivity index (χ1n) is 7.26. The highest BCUT2D eigenvalue weighted by Crippen LogP contribution is 2.28. The molecule has 1 aromatic rings. The third-order valence-corrected chi connectivity index (χ3v) is 5.41. The van der Waals surface area contributed by atoms with Crippen molar-refractivity contribution in [1.29, 1.82) is 0 Å². The monoisotopic (exact) mass is 297 g/mol. The quantitative estimate of drug-likeness (QED) is 0.773. The largest absolute Gasteiger partial charge is 0.396 e. The molecule has 0 spiro atoms. The lowest BCUT2D eigenvalue weighted by Crippen LogP contribution is -2.35. The molecule has 0 aliphatic heterocycles. The molecule has 1 fully saturated rings. The van der Waals surface area contributed by atoms with Crippen LogP contribution in [0.3, 0.4) is 0 Å². The molecule has 112 valence electrons. The zero-order chi connectivity index (χ0) is 14.4. The molecule has 1 saturated carbocycles. The van der Waals surface area contributed by atoms with Crippen LogP contribution in [0.25, 0.3) is 0 Å². The van der Waals surface area contributed by atoms with Crippen molar-refractivity contribution in [3.8, 4) is 0 Å². The van der Waals surface area contributed by atoms with E-state index in [-0.39, 0.29) is 18.4 Å². The molecular weight excluding hydrogens is 274 g/mol. The molecule has 0 amide bonds. The molecule has 1 aliphatic carbocycles. The summed E-state index contributed by atoms with van der Waals surface area (Å²) in [7, 11) is -3.25. The molecule has 2 N–H and O–H groups in total. The van der Waals surface area contributed by atoms with Crippen molar-refractivity contribution in [2.24, 2.45) is 5.92 Å². The van der Waals surface area contributed by atoms with E-state index in [0.29, 0.717) is 18.8 Å². The van der Waals surface area contributed by atoms with Crippen LogP contribution in [0, 0.1) is 5.92 Å². The van der Waals surface area contributed by atoms with E-state index in [1.807, 2.05) is 30.3 Å². The van der Waals surface area contributed by atoms with Crippen molar-refractivity contribution in [2.75, 3.05) is 12.4 Å². The normalized spacial score (nSPS) is 17.6. The number of aliphatic hydroxyl groups excluding tert-OH is 1. The molecule has 0 bridgehead atoms. The van der Waals surface area contributed by atoms with Crippen molar-refractivity contribution in [3.05, 3.63) is 35.9 Å². The van der Waals surface area contributed by atoms with Crippen LogP contribution in [0.1, 0.15) is 43.7 Å². The van der Waals surface area contributed by atoms with Gasteiger partial charge in [0.1, 0.15) is 0 Å². The van der Waals surface area contributed by atoms with E-state index in [2.05, 4.69) is 4.72 Å². The summed E-state index contributed by atoms with van der Waals surface area (Å²) < 4.78 is 27.2. The van der Waals surface area contributed by atoms with Gasteiger partial charge in [-0.2, -0.15) is 0 Å². The van der Waals surface area contributed by atoms with Crippen LogP contribution in [0.15, 0.2) is 30.3 Å². The van der Waals surface area contributed by atoms with Gasteiger partial charge < -0.3 is 5.11 Å². The molecule has 0 heterocycles. The minimum absolute atomic E-state index is 0.0771. The zero-order valence-electron chi connectivity index (χ0n) is 11.7. The summed E-state index contributed by atoms with van der Waals surface area (Å²) in [5.41, 5.74) is 0.957. The predicted octanol–water partition coefficient (Wildman–Crippen LogP) is 2.22. The summed E-state index contributed by atoms with van der Waals surface area (Å²) in [5, 5.41) is 8.98. The molecule has 1 atom stereocenters. The minimum Gasteiger partial charge on any atom is -0.396 e. The minimum atomic E-state index is -3.25. The average Bonchev–Trinajstić information content (AvgIpc) is 2.40. The first kappa shape index (κ1) is 15.5. The molecule has 5 heteroatoms. The third kappa shape index (κ3) is 4.58. The fourth-order valence-electron chi connectivity index (χ4n) is 2.51. The average molecular weight is 297 g/mol. The molecule has 20 heavy (non-hydrogen) atoms. The second kappa shape index (κ2) is 7.20. The maximum Gasteiger partial charge on any atom is 0.212 e. The van der Waals surface area contributed by atoms with Crippen molar-refractivity contribution >= 4 is 10.0 Å². The summed E-state index contributed by atoms with van der Waals surface area (Å²) in [4.78, 5) is 0. The van der Waals surface area contributed by atoms with Gasteiger partial charge in [0, 0.05) is 12.6 Å². The lowest BCUT2D eigenvalue weighted by molar-refractivity contribution is 0.278. The van der Waals surface area contributed by atoms with E-state index in [0.717, 1.165) is 24.8 Å². The Labute approximate surface area is 121 Å². The van der Waals surface area contributed by atoms with Gasteiger partial charge in [-0.25, -0.2) is 13.1 Å². The van der Waals surface area contributed by atoms with Crippen LogP contribution in [0.5, 0.6) is 0 Å². The molecule has 0 saturated heterocycles. The van der Waals surface area contributed by atoms with Gasteiger partial charge in [0.05, 0.1) is 5.75 Å². The highest BCUT2D eigenvalue weighted by atomic mass is 32.2. The molecule has 1 unspecified atom stereocenters. The Morgan fingerprint density at radius 1 is 1.25 bits per heavy atom. The number of hydrogen-bond donors (Lipinski definition) is 2. The van der Waals surface area contributed by atoms with Gasteiger partial charge in [-0.3, -0.25) is 0 Å². The number of rotatable bonds is 8. The Morgan fingerprint density at radius 3 is 2.50 bits per heavy atom. The lowest BCUT2D eigenvalue weighted by Gasteiger charge is -2.26. The molecule has 1 aromatic carbocycles. The van der Waals surface area contributed by atoms with Crippen LogP contribution in [0.2, 0.25) is 0 Å². The van der Waals surface area contributed by atoms with Crippen LogP contribution in [-0.2, 0) is 10.0 Å². The first-order valence-corrected chi connectivity index (χ1v) is 8.92. The van der Waals surface area contributed by atoms with Crippen molar-refractivity contribution in [1.82, 2.24) is 4.72 Å². The molecule has 0 aromatic heterocycles. The Kier molecular flexibility index (Phi) is 5.57. The zero-order valence-corrected chi connectivity index (χ0v) is 12.5. The van der Waals surface area contributed by atoms with Gasteiger partial charge in [0.2, 0.25) is 10.0 Å². The van der Waals surface area contributed by atoms with Crippen LogP contribution in [0.4, 0.5) is 0 Å². The van der Waals surface area contributed by atoms with E-state index in [1.165, 1.54) is 0 Å². The summed E-state index contributed by atoms with van der Waals surface area (Å²) in [6.07, 6.45) is 4.39. The SMILES string of the molecule is O=S(=O)(CC1CCC1)NC(CCCO)c1ccccc1. The van der Waals surface area contributed by atoms with Gasteiger partial charge in [0.25, 0.3) is 0 Å². The van der Waals surface area contributed by atoms with Crippen molar-refractivity contribution in [3.63, 3.8) is 0 Å². The number of benzene rings is 1. The molecular formula is C15H23NO3S. The summed E-state index contributed by atoms with van der Waals surface area (Å²) in [6, 6.07) is 9.33. The maximum absolute atomic E-state index is 12.2. The van der Waals surface area contributed by atoms with Crippen LogP contribution < -0.4 is 4.72 Å². The highest BCUT2D eigenvalue weighted by molar-refractivity contribution is 7.89. The Hall–Kier alpha value is -0.910. The van der Waals surface area contributed by atoms with E-state index in [4.69, 9.17) is 5.11 Å². The van der Waals surface area contributed by atoms with Gasteiger partial charge in [-0.15, -0.1) is 0 Å². The van der Waals surface area contributed by atoms with E-state index >= 15 is 0 Å². The number of nitrogens with one attached hydrogen (secondary N) is 1. The first-order chi connectivity index (χ1) is 9.61. The fraction of sp³-hybridized carbons (Fsp3) is 0.600. The molecule has 0 radical (unpaired) electrons. The standard InChI is InChI=1S/C15H23NO3S/c17-11-5-10-15(14-8-2-1-3-9-14)16-20(18,19)12-13-6-4-7-13/h1-3,8-9,13,15-17H,4-7,10-12H2. The number of hydrogen-bond acceptors (Lipinski definition) is 3. The van der Waals surface area contributed by atoms with Crippen LogP contribution in [-0.4, -0.2) is 25.9 Å². The second-order valence-electron chi connectivity index (χ2n) is 5.53. The Morgan fingerprint density at radius 2 is 1.95 bits per heavy atom. The maximum atomic E-state index is 12.2. The van der Waals surface area contributed by atoms with Crippen LogP contribution >= 0.6 is 0 Å². The van der Waals surface area contributed by atoms with E-state index in [9.17, 15) is 8.42 Å². The summed E-state index contributed by atoms with van der Waals surface area (Å²) >= 11 is 0. The molecule has 4 nitrogen and oxygen atoms in total. The third-order valence-electron chi connectivity index (χ3n) is 3.85. The predicted molar refractivity (Wildman–Crippen MR) is 79.8 cm³/mol. The molecule has 2 rings (SSSR count). The second-order valence-corrected chi connectivity index (χ2v) is 7.32. The van der Waals surface area contributed by atoms with Crippen molar-refractivity contribution in [2.45, 2.75) is 38.1 Å². The highest BCUT2D eigenvalue weighted by Gasteiger charge is 2.26. The lowest BCUT2D eigenvalue weighted by atomic mass is 9.87. The van der Waals surface area contributed by atoms with Gasteiger partial charge >= 0.3 is 0 Å². The topological polar surface area (TPSA) is 66.4 Å². The molecule has 1 aliphatic rings. The van der Waals surface area contributed by atoms with Gasteiger partial charge in [-0.1, -0.05) is 36.8 Å². The van der Waals surface area contributed by atoms with E-state index < -0.39 is 10.0 Å². The summed E-state index contributed by atoms with van der Waals surface area (Å²) in [5.74, 6) is 0.553. The fourth-order valence-corrected chi connectivity index (χ4v) is 4.25. The van der Waals surface area contributed by atoms with E-state index in [1.54, 1.807) is 0 Å². The van der Waals surface area contributed by atoms with Gasteiger partial charge in [0.15, 0.2) is 0 Å². The summed E-state index contributed by atoms with van der Waals surface area (Å²) in [6.45, 7) is 0.0771. The number of sulfonamides is 1. The number of aliphatic hydroxyl groups is 1. The smallest absolute Gasteiger partial charge is 0.212 e. The Balaban J connectivity index is 2.02. The van der Waals surface area contributed by atoms with Crippen molar-refractivity contribution < 1.29 is 13.5 Å².